The van der Waals surface area contributed by atoms with Gasteiger partial charge in [0, 0.05) is 5.56 Å². The molecule has 0 saturated heterocycles. The van der Waals surface area contributed by atoms with Crippen LogP contribution in [0.15, 0.2) is 97.1 Å². The predicted molar refractivity (Wildman–Crippen MR) is 98.6 cm³/mol. The topological polar surface area (TPSA) is 29.1 Å². The van der Waals surface area contributed by atoms with Crippen molar-refractivity contribution in [1.29, 1.82) is 0 Å². The number of nitrogens with one attached hydrogen (secondary N) is 1. The Hall–Kier alpha value is -3.13. The Morgan fingerprint density at radius 2 is 1.29 bits per heavy atom. The van der Waals surface area contributed by atoms with Crippen LogP contribution in [-0.4, -0.2) is 5.91 Å². The van der Waals surface area contributed by atoms with Gasteiger partial charge in [-0.25, -0.2) is 0 Å². The fourth-order valence-corrected chi connectivity index (χ4v) is 2.49. The zero-order valence-corrected chi connectivity index (χ0v) is 13.3. The van der Waals surface area contributed by atoms with Crippen LogP contribution in [0.2, 0.25) is 0 Å². The van der Waals surface area contributed by atoms with Crippen LogP contribution in [0.5, 0.6) is 0 Å². The summed E-state index contributed by atoms with van der Waals surface area (Å²) in [6, 6.07) is 29.1. The standard InChI is InChI=1S/C22H19NO/c24-22(20-14-8-3-9-15-20)23-21(19-12-6-2-7-13-19)17-16-18-10-4-1-5-11-18/h1-17,21H,(H,23,24). The molecule has 1 N–H and O–H groups in total. The van der Waals surface area contributed by atoms with Gasteiger partial charge in [0.15, 0.2) is 0 Å². The van der Waals surface area contributed by atoms with E-state index in [1.807, 2.05) is 103 Å². The Morgan fingerprint density at radius 1 is 0.750 bits per heavy atom. The highest BCUT2D eigenvalue weighted by atomic mass is 16.1. The van der Waals surface area contributed by atoms with Crippen LogP contribution in [-0.2, 0) is 0 Å². The third kappa shape index (κ3) is 4.20. The number of rotatable bonds is 5. The summed E-state index contributed by atoms with van der Waals surface area (Å²) in [4.78, 5) is 12.5. The van der Waals surface area contributed by atoms with Crippen LogP contribution in [0.1, 0.15) is 27.5 Å². The summed E-state index contributed by atoms with van der Waals surface area (Å²) in [6.07, 6.45) is 4.05. The first-order valence-electron chi connectivity index (χ1n) is 7.97. The molecule has 2 heteroatoms. The molecule has 1 amide bonds. The minimum Gasteiger partial charge on any atom is -0.342 e. The van der Waals surface area contributed by atoms with Gasteiger partial charge >= 0.3 is 0 Å². The molecular weight excluding hydrogens is 294 g/mol. The lowest BCUT2D eigenvalue weighted by molar-refractivity contribution is 0.0944. The molecule has 1 unspecified atom stereocenters. The quantitative estimate of drug-likeness (QED) is 0.715. The van der Waals surface area contributed by atoms with Crippen molar-refractivity contribution in [3.8, 4) is 0 Å². The van der Waals surface area contributed by atoms with Crippen LogP contribution in [0.4, 0.5) is 0 Å². The highest BCUT2D eigenvalue weighted by Gasteiger charge is 2.12. The number of carbonyl (C=O) groups excluding carboxylic acids is 1. The van der Waals surface area contributed by atoms with Gasteiger partial charge in [-0.1, -0.05) is 91.0 Å². The lowest BCUT2D eigenvalue weighted by Gasteiger charge is -2.16. The van der Waals surface area contributed by atoms with Crippen molar-refractivity contribution in [1.82, 2.24) is 5.32 Å². The smallest absolute Gasteiger partial charge is 0.252 e. The third-order valence-electron chi connectivity index (χ3n) is 3.76. The molecule has 0 aromatic heterocycles. The first-order valence-corrected chi connectivity index (χ1v) is 7.97. The van der Waals surface area contributed by atoms with Crippen LogP contribution in [0.25, 0.3) is 6.08 Å². The first-order chi connectivity index (χ1) is 11.8. The zero-order valence-electron chi connectivity index (χ0n) is 13.3. The van der Waals surface area contributed by atoms with E-state index in [2.05, 4.69) is 5.32 Å². The maximum Gasteiger partial charge on any atom is 0.252 e. The highest BCUT2D eigenvalue weighted by molar-refractivity contribution is 5.94. The molecular formula is C22H19NO. The molecule has 0 aliphatic carbocycles. The maximum atomic E-state index is 12.5. The molecule has 0 fully saturated rings. The van der Waals surface area contributed by atoms with E-state index in [1.165, 1.54) is 0 Å². The Balaban J connectivity index is 1.83. The van der Waals surface area contributed by atoms with Crippen molar-refractivity contribution in [3.05, 3.63) is 114 Å². The van der Waals surface area contributed by atoms with Crippen molar-refractivity contribution < 1.29 is 4.79 Å². The van der Waals surface area contributed by atoms with Crippen LogP contribution in [0.3, 0.4) is 0 Å². The fourth-order valence-electron chi connectivity index (χ4n) is 2.49. The zero-order chi connectivity index (χ0) is 16.6. The molecule has 1 atom stereocenters. The van der Waals surface area contributed by atoms with Crippen molar-refractivity contribution in [3.63, 3.8) is 0 Å². The molecule has 3 rings (SSSR count). The predicted octanol–water partition coefficient (Wildman–Crippen LogP) is 4.87. The van der Waals surface area contributed by atoms with Crippen molar-refractivity contribution in [2.45, 2.75) is 6.04 Å². The number of amides is 1. The molecule has 3 aromatic carbocycles. The van der Waals surface area contributed by atoms with Gasteiger partial charge in [-0.3, -0.25) is 4.79 Å². The van der Waals surface area contributed by atoms with E-state index in [0.717, 1.165) is 11.1 Å². The average molecular weight is 313 g/mol. The van der Waals surface area contributed by atoms with E-state index in [9.17, 15) is 4.79 Å². The van der Waals surface area contributed by atoms with Crippen molar-refractivity contribution in [2.75, 3.05) is 0 Å². The largest absolute Gasteiger partial charge is 0.342 e. The SMILES string of the molecule is O=C(NC(C=Cc1ccccc1)c1ccccc1)c1ccccc1. The second kappa shape index (κ2) is 7.93. The van der Waals surface area contributed by atoms with E-state index >= 15 is 0 Å². The number of carbonyl (C=O) groups is 1. The Kier molecular flexibility index (Phi) is 5.21. The third-order valence-corrected chi connectivity index (χ3v) is 3.76. The second-order valence-electron chi connectivity index (χ2n) is 5.50. The summed E-state index contributed by atoms with van der Waals surface area (Å²) in [5, 5.41) is 3.09. The van der Waals surface area contributed by atoms with E-state index in [-0.39, 0.29) is 11.9 Å². The molecule has 3 aromatic rings. The Bertz CT molecular complexity index is 795. The highest BCUT2D eigenvalue weighted by Crippen LogP contribution is 2.17. The van der Waals surface area contributed by atoms with Gasteiger partial charge in [0.2, 0.25) is 0 Å². The monoisotopic (exact) mass is 313 g/mol. The molecule has 0 aliphatic heterocycles. The van der Waals surface area contributed by atoms with Gasteiger partial charge in [-0.05, 0) is 23.3 Å². The van der Waals surface area contributed by atoms with Crippen molar-refractivity contribution in [2.24, 2.45) is 0 Å². The lowest BCUT2D eigenvalue weighted by atomic mass is 10.0. The summed E-state index contributed by atoms with van der Waals surface area (Å²) in [5.41, 5.74) is 2.81. The molecule has 0 bridgehead atoms. The molecule has 24 heavy (non-hydrogen) atoms. The summed E-state index contributed by atoms with van der Waals surface area (Å²) in [6.45, 7) is 0. The van der Waals surface area contributed by atoms with E-state index in [4.69, 9.17) is 0 Å². The van der Waals surface area contributed by atoms with E-state index in [1.54, 1.807) is 0 Å². The number of hydrogen-bond donors (Lipinski definition) is 1. The molecule has 2 nitrogen and oxygen atoms in total. The van der Waals surface area contributed by atoms with E-state index < -0.39 is 0 Å². The minimum absolute atomic E-state index is 0.0813. The van der Waals surface area contributed by atoms with E-state index in [0.29, 0.717) is 5.56 Å². The second-order valence-corrected chi connectivity index (χ2v) is 5.50. The van der Waals surface area contributed by atoms with Gasteiger partial charge in [0.05, 0.1) is 6.04 Å². The van der Waals surface area contributed by atoms with Gasteiger partial charge in [0.1, 0.15) is 0 Å². The van der Waals surface area contributed by atoms with Gasteiger partial charge in [0.25, 0.3) is 5.91 Å². The normalized spacial score (nSPS) is 12.0. The summed E-state index contributed by atoms with van der Waals surface area (Å²) < 4.78 is 0. The molecule has 0 saturated carbocycles. The molecule has 0 heterocycles. The Morgan fingerprint density at radius 3 is 1.92 bits per heavy atom. The summed E-state index contributed by atoms with van der Waals surface area (Å²) in [7, 11) is 0. The first kappa shape index (κ1) is 15.8. The molecule has 118 valence electrons. The Labute approximate surface area is 142 Å². The maximum absolute atomic E-state index is 12.5. The van der Waals surface area contributed by atoms with Gasteiger partial charge < -0.3 is 5.32 Å². The summed E-state index contributed by atoms with van der Waals surface area (Å²) in [5.74, 6) is -0.0813. The molecule has 0 spiro atoms. The van der Waals surface area contributed by atoms with Crippen molar-refractivity contribution >= 4 is 12.0 Å². The number of hydrogen-bond acceptors (Lipinski definition) is 1. The van der Waals surface area contributed by atoms with Gasteiger partial charge in [-0.2, -0.15) is 0 Å². The minimum atomic E-state index is -0.181. The molecule has 0 aliphatic rings. The molecule has 0 radical (unpaired) electrons. The van der Waals surface area contributed by atoms with Crippen LogP contribution in [0, 0.1) is 0 Å². The average Bonchev–Trinajstić information content (AvgIpc) is 2.67. The van der Waals surface area contributed by atoms with Gasteiger partial charge in [-0.15, -0.1) is 0 Å². The summed E-state index contributed by atoms with van der Waals surface area (Å²) >= 11 is 0. The van der Waals surface area contributed by atoms with Crippen LogP contribution < -0.4 is 5.32 Å². The van der Waals surface area contributed by atoms with Crippen LogP contribution >= 0.6 is 0 Å². The fraction of sp³-hybridized carbons (Fsp3) is 0.0455. The lowest BCUT2D eigenvalue weighted by Crippen LogP contribution is -2.27. The number of benzene rings is 3.